The first-order chi connectivity index (χ1) is 13.8. The van der Waals surface area contributed by atoms with E-state index in [9.17, 15) is 4.79 Å². The van der Waals surface area contributed by atoms with E-state index in [1.807, 2.05) is 30.3 Å². The maximum absolute atomic E-state index is 13.0. The van der Waals surface area contributed by atoms with Gasteiger partial charge < -0.3 is 19.2 Å². The van der Waals surface area contributed by atoms with Crippen LogP contribution in [-0.4, -0.2) is 22.5 Å². The van der Waals surface area contributed by atoms with Crippen molar-refractivity contribution in [2.24, 2.45) is 0 Å². The Hall–Kier alpha value is -4.00. The van der Waals surface area contributed by atoms with E-state index < -0.39 is 0 Å². The van der Waals surface area contributed by atoms with E-state index in [0.717, 1.165) is 5.69 Å². The number of anilines is 1. The van der Waals surface area contributed by atoms with Crippen LogP contribution in [0.2, 0.25) is 0 Å². The van der Waals surface area contributed by atoms with Gasteiger partial charge in [0.2, 0.25) is 6.79 Å². The van der Waals surface area contributed by atoms with Crippen molar-refractivity contribution in [3.63, 3.8) is 0 Å². The largest absolute Gasteiger partial charge is 0.463 e. The molecule has 0 saturated heterocycles. The molecule has 0 bridgehead atoms. The highest BCUT2D eigenvalue weighted by molar-refractivity contribution is 6.04. The number of aromatic nitrogens is 2. The first-order valence-electron chi connectivity index (χ1n) is 8.68. The molecule has 7 nitrogen and oxygen atoms in total. The highest BCUT2D eigenvalue weighted by Crippen LogP contribution is 2.34. The maximum atomic E-state index is 13.0. The number of benzene rings is 2. The molecule has 3 heterocycles. The molecule has 0 aliphatic carbocycles. The van der Waals surface area contributed by atoms with E-state index in [4.69, 9.17) is 13.9 Å². The van der Waals surface area contributed by atoms with Crippen LogP contribution in [-0.2, 0) is 0 Å². The van der Waals surface area contributed by atoms with Crippen molar-refractivity contribution in [2.45, 2.75) is 0 Å². The average molecular weight is 373 g/mol. The Balaban J connectivity index is 1.51. The SMILES string of the molecule is O=C(Nc1ccc2c(c1)OCO2)c1cc(-c2ccco2)nn1-c1ccccc1. The Labute approximate surface area is 160 Å². The van der Waals surface area contributed by atoms with Crippen molar-refractivity contribution in [3.05, 3.63) is 78.7 Å². The van der Waals surface area contributed by atoms with Gasteiger partial charge in [0.05, 0.1) is 12.0 Å². The minimum Gasteiger partial charge on any atom is -0.463 e. The van der Waals surface area contributed by atoms with Crippen LogP contribution in [0.4, 0.5) is 5.69 Å². The number of fused-ring (bicyclic) bond motifs is 1. The first kappa shape index (κ1) is 16.2. The lowest BCUT2D eigenvalue weighted by molar-refractivity contribution is 0.101. The molecule has 28 heavy (non-hydrogen) atoms. The molecular weight excluding hydrogens is 358 g/mol. The highest BCUT2D eigenvalue weighted by Gasteiger charge is 2.20. The summed E-state index contributed by atoms with van der Waals surface area (Å²) < 4.78 is 17.7. The number of carbonyl (C=O) groups is 1. The van der Waals surface area contributed by atoms with Crippen molar-refractivity contribution in [2.75, 3.05) is 12.1 Å². The van der Waals surface area contributed by atoms with Gasteiger partial charge in [0.1, 0.15) is 11.4 Å². The smallest absolute Gasteiger partial charge is 0.274 e. The number of nitrogens with one attached hydrogen (secondary N) is 1. The minimum absolute atomic E-state index is 0.181. The van der Waals surface area contributed by atoms with Crippen molar-refractivity contribution < 1.29 is 18.7 Å². The zero-order chi connectivity index (χ0) is 18.9. The number of nitrogens with zero attached hydrogens (tertiary/aromatic N) is 2. The van der Waals surface area contributed by atoms with Crippen LogP contribution >= 0.6 is 0 Å². The number of carbonyl (C=O) groups excluding carboxylic acids is 1. The number of hydrogen-bond donors (Lipinski definition) is 1. The van der Waals surface area contributed by atoms with Gasteiger partial charge in [-0.3, -0.25) is 4.79 Å². The first-order valence-corrected chi connectivity index (χ1v) is 8.68. The molecule has 2 aromatic heterocycles. The Kier molecular flexibility index (Phi) is 3.83. The van der Waals surface area contributed by atoms with Crippen LogP contribution in [0, 0.1) is 0 Å². The average Bonchev–Trinajstić information content (AvgIpc) is 3.47. The molecule has 5 rings (SSSR count). The number of hydrogen-bond acceptors (Lipinski definition) is 5. The molecule has 138 valence electrons. The molecule has 0 atom stereocenters. The van der Waals surface area contributed by atoms with E-state index in [0.29, 0.717) is 34.3 Å². The lowest BCUT2D eigenvalue weighted by Crippen LogP contribution is -2.16. The third-order valence-electron chi connectivity index (χ3n) is 4.35. The summed E-state index contributed by atoms with van der Waals surface area (Å²) in [6.07, 6.45) is 1.57. The third kappa shape index (κ3) is 2.88. The van der Waals surface area contributed by atoms with Gasteiger partial charge in [-0.05, 0) is 36.4 Å². The zero-order valence-electron chi connectivity index (χ0n) is 14.7. The third-order valence-corrected chi connectivity index (χ3v) is 4.35. The molecule has 0 fully saturated rings. The van der Waals surface area contributed by atoms with Crippen molar-refractivity contribution >= 4 is 11.6 Å². The van der Waals surface area contributed by atoms with Gasteiger partial charge in [-0.25, -0.2) is 4.68 Å². The fraction of sp³-hybridized carbons (Fsp3) is 0.0476. The molecule has 0 saturated carbocycles. The summed E-state index contributed by atoms with van der Waals surface area (Å²) in [6, 6.07) is 20.0. The van der Waals surface area contributed by atoms with Crippen molar-refractivity contribution in [3.8, 4) is 28.6 Å². The van der Waals surface area contributed by atoms with Crippen molar-refractivity contribution in [1.29, 1.82) is 0 Å². The second kappa shape index (κ2) is 6.62. The van der Waals surface area contributed by atoms with Crippen LogP contribution in [0.1, 0.15) is 10.5 Å². The monoisotopic (exact) mass is 373 g/mol. The molecule has 7 heteroatoms. The molecule has 2 aromatic carbocycles. The maximum Gasteiger partial charge on any atom is 0.274 e. The van der Waals surface area contributed by atoms with Gasteiger partial charge in [0, 0.05) is 17.8 Å². The van der Waals surface area contributed by atoms with E-state index in [2.05, 4.69) is 10.4 Å². The summed E-state index contributed by atoms with van der Waals surface area (Å²) in [5.41, 5.74) is 2.34. The second-order valence-electron chi connectivity index (χ2n) is 6.16. The van der Waals surface area contributed by atoms with Crippen LogP contribution in [0.5, 0.6) is 11.5 Å². The summed E-state index contributed by atoms with van der Waals surface area (Å²) in [4.78, 5) is 13.0. The summed E-state index contributed by atoms with van der Waals surface area (Å²) >= 11 is 0. The second-order valence-corrected chi connectivity index (χ2v) is 6.16. The van der Waals surface area contributed by atoms with Gasteiger partial charge in [-0.15, -0.1) is 0 Å². The number of rotatable bonds is 4. The van der Waals surface area contributed by atoms with Crippen LogP contribution in [0.3, 0.4) is 0 Å². The van der Waals surface area contributed by atoms with Crippen molar-refractivity contribution in [1.82, 2.24) is 9.78 Å². The number of ether oxygens (including phenoxy) is 2. The van der Waals surface area contributed by atoms with Gasteiger partial charge in [-0.1, -0.05) is 18.2 Å². The Morgan fingerprint density at radius 1 is 0.964 bits per heavy atom. The lowest BCUT2D eigenvalue weighted by atomic mass is 10.2. The molecule has 0 unspecified atom stereocenters. The Bertz CT molecular complexity index is 1130. The fourth-order valence-corrected chi connectivity index (χ4v) is 3.02. The van der Waals surface area contributed by atoms with E-state index >= 15 is 0 Å². The highest BCUT2D eigenvalue weighted by atomic mass is 16.7. The topological polar surface area (TPSA) is 78.5 Å². The number of para-hydroxylation sites is 1. The van der Waals surface area contributed by atoms with E-state index in [1.54, 1.807) is 47.3 Å². The van der Waals surface area contributed by atoms with Gasteiger partial charge in [0.15, 0.2) is 17.3 Å². The standard InChI is InChI=1S/C21H15N3O4/c25-21(22-14-8-9-19-20(11-14)28-13-27-19)17-12-16(18-7-4-10-26-18)23-24(17)15-5-2-1-3-6-15/h1-12H,13H2,(H,22,25). The summed E-state index contributed by atoms with van der Waals surface area (Å²) in [5.74, 6) is 1.55. The number of amides is 1. The van der Waals surface area contributed by atoms with Crippen LogP contribution in [0.25, 0.3) is 17.1 Å². The van der Waals surface area contributed by atoms with E-state index in [-0.39, 0.29) is 12.7 Å². The number of furan rings is 1. The van der Waals surface area contributed by atoms with Gasteiger partial charge in [-0.2, -0.15) is 5.10 Å². The molecule has 4 aromatic rings. The van der Waals surface area contributed by atoms with E-state index in [1.165, 1.54) is 0 Å². The quantitative estimate of drug-likeness (QED) is 0.582. The molecular formula is C21H15N3O4. The van der Waals surface area contributed by atoms with Crippen LogP contribution < -0.4 is 14.8 Å². The normalized spacial score (nSPS) is 12.1. The molecule has 1 amide bonds. The predicted octanol–water partition coefficient (Wildman–Crippen LogP) is 4.11. The summed E-state index contributed by atoms with van der Waals surface area (Å²) in [6.45, 7) is 0.181. The lowest BCUT2D eigenvalue weighted by Gasteiger charge is -2.09. The van der Waals surface area contributed by atoms with Crippen LogP contribution in [0.15, 0.2) is 77.4 Å². The predicted molar refractivity (Wildman–Crippen MR) is 102 cm³/mol. The molecule has 1 N–H and O–H groups in total. The Morgan fingerprint density at radius 3 is 2.64 bits per heavy atom. The van der Waals surface area contributed by atoms with Gasteiger partial charge in [0.25, 0.3) is 5.91 Å². The minimum atomic E-state index is -0.298. The summed E-state index contributed by atoms with van der Waals surface area (Å²) in [5, 5.41) is 7.45. The summed E-state index contributed by atoms with van der Waals surface area (Å²) in [7, 11) is 0. The molecule has 0 spiro atoms. The fourth-order valence-electron chi connectivity index (χ4n) is 3.02. The molecule has 0 radical (unpaired) electrons. The molecule has 1 aliphatic rings. The zero-order valence-corrected chi connectivity index (χ0v) is 14.7. The van der Waals surface area contributed by atoms with Gasteiger partial charge >= 0.3 is 0 Å². The Morgan fingerprint density at radius 2 is 1.82 bits per heavy atom. The molecule has 1 aliphatic heterocycles.